The van der Waals surface area contributed by atoms with Gasteiger partial charge in [-0.25, -0.2) is 13.6 Å². The quantitative estimate of drug-likeness (QED) is 0.745. The summed E-state index contributed by atoms with van der Waals surface area (Å²) in [6, 6.07) is 3.69. The molecule has 0 saturated carbocycles. The Kier molecular flexibility index (Phi) is 4.56. The molecule has 7 nitrogen and oxygen atoms in total. The molecule has 1 aliphatic heterocycles. The third kappa shape index (κ3) is 4.46. The zero-order chi connectivity index (χ0) is 14.6. The predicted molar refractivity (Wildman–Crippen MR) is 75.4 cm³/mol. The normalized spacial score (nSPS) is 19.4. The van der Waals surface area contributed by atoms with Gasteiger partial charge in [-0.1, -0.05) is 0 Å². The number of pyridine rings is 1. The third-order valence-electron chi connectivity index (χ3n) is 3.15. The molecule has 0 radical (unpaired) electrons. The second kappa shape index (κ2) is 6.19. The number of nitrogens with one attached hydrogen (secondary N) is 1. The van der Waals surface area contributed by atoms with Crippen LogP contribution < -0.4 is 10.5 Å². The van der Waals surface area contributed by atoms with E-state index in [1.54, 1.807) is 17.3 Å². The van der Waals surface area contributed by atoms with Crippen molar-refractivity contribution in [3.05, 3.63) is 24.5 Å². The number of rotatable bonds is 6. The molecule has 8 heteroatoms. The molecule has 1 aromatic heterocycles. The van der Waals surface area contributed by atoms with Crippen molar-refractivity contribution in [2.75, 3.05) is 30.7 Å². The van der Waals surface area contributed by atoms with Crippen LogP contribution in [0.4, 0.5) is 5.69 Å². The summed E-state index contributed by atoms with van der Waals surface area (Å²) in [5.74, 6) is -0.346. The number of amides is 1. The average Bonchev–Trinajstić information content (AvgIpc) is 2.68. The van der Waals surface area contributed by atoms with Crippen molar-refractivity contribution in [3.8, 4) is 0 Å². The van der Waals surface area contributed by atoms with Crippen molar-refractivity contribution < 1.29 is 13.2 Å². The van der Waals surface area contributed by atoms with Gasteiger partial charge in [-0.15, -0.1) is 0 Å². The van der Waals surface area contributed by atoms with Crippen LogP contribution in [0.3, 0.4) is 0 Å². The molecule has 1 aromatic rings. The van der Waals surface area contributed by atoms with Crippen molar-refractivity contribution in [1.82, 2.24) is 9.88 Å². The lowest BCUT2D eigenvalue weighted by Gasteiger charge is -2.17. The zero-order valence-electron chi connectivity index (χ0n) is 11.0. The number of likely N-dealkylation sites (tertiary alicyclic amines) is 1. The molecule has 1 fully saturated rings. The molecule has 0 spiro atoms. The Balaban J connectivity index is 1.78. The monoisotopic (exact) mass is 298 g/mol. The lowest BCUT2D eigenvalue weighted by Crippen LogP contribution is -2.31. The van der Waals surface area contributed by atoms with Crippen LogP contribution in [0.5, 0.6) is 0 Å². The first-order chi connectivity index (χ1) is 9.44. The summed E-state index contributed by atoms with van der Waals surface area (Å²) in [4.78, 5) is 17.3. The summed E-state index contributed by atoms with van der Waals surface area (Å²) >= 11 is 0. The molecular weight excluding hydrogens is 280 g/mol. The van der Waals surface area contributed by atoms with E-state index in [2.05, 4.69) is 10.3 Å². The first-order valence-electron chi connectivity index (χ1n) is 6.36. The van der Waals surface area contributed by atoms with Gasteiger partial charge in [0.1, 0.15) is 0 Å². The summed E-state index contributed by atoms with van der Waals surface area (Å²) in [5.41, 5.74) is 0.938. The Morgan fingerprint density at radius 2 is 2.10 bits per heavy atom. The summed E-state index contributed by atoms with van der Waals surface area (Å²) in [7, 11) is -3.52. The van der Waals surface area contributed by atoms with Crippen LogP contribution in [0, 0.1) is 5.92 Å². The highest BCUT2D eigenvalue weighted by Gasteiger charge is 2.31. The van der Waals surface area contributed by atoms with Gasteiger partial charge in [0.25, 0.3) is 0 Å². The second-order valence-electron chi connectivity index (χ2n) is 4.90. The van der Waals surface area contributed by atoms with Gasteiger partial charge in [0.15, 0.2) is 0 Å². The van der Waals surface area contributed by atoms with Gasteiger partial charge < -0.3 is 10.2 Å². The Morgan fingerprint density at radius 1 is 1.40 bits per heavy atom. The molecule has 0 bridgehead atoms. The number of carbonyl (C=O) groups is 1. The number of nitrogens with two attached hydrogens (primary N) is 1. The van der Waals surface area contributed by atoms with Crippen LogP contribution in [0.15, 0.2) is 24.5 Å². The highest BCUT2D eigenvalue weighted by atomic mass is 32.2. The van der Waals surface area contributed by atoms with Gasteiger partial charge in [-0.3, -0.25) is 9.78 Å². The maximum absolute atomic E-state index is 11.8. The molecule has 0 aromatic carbocycles. The van der Waals surface area contributed by atoms with Crippen molar-refractivity contribution in [2.45, 2.75) is 6.42 Å². The number of anilines is 1. The highest BCUT2D eigenvalue weighted by molar-refractivity contribution is 7.89. The molecule has 20 heavy (non-hydrogen) atoms. The number of carbonyl (C=O) groups excluding carboxylic acids is 1. The van der Waals surface area contributed by atoms with Crippen molar-refractivity contribution in [1.29, 1.82) is 0 Å². The van der Waals surface area contributed by atoms with Gasteiger partial charge >= 0.3 is 0 Å². The fourth-order valence-corrected chi connectivity index (χ4v) is 3.20. The number of hydrogen-bond acceptors (Lipinski definition) is 5. The van der Waals surface area contributed by atoms with E-state index in [1.807, 2.05) is 12.1 Å². The van der Waals surface area contributed by atoms with Crippen LogP contribution in [-0.4, -0.2) is 49.6 Å². The highest BCUT2D eigenvalue weighted by Crippen LogP contribution is 2.18. The first kappa shape index (κ1) is 14.7. The van der Waals surface area contributed by atoms with E-state index in [1.165, 1.54) is 0 Å². The minimum absolute atomic E-state index is 0.0184. The molecule has 110 valence electrons. The molecule has 1 saturated heterocycles. The number of sulfonamides is 1. The molecule has 1 unspecified atom stereocenters. The van der Waals surface area contributed by atoms with Crippen LogP contribution >= 0.6 is 0 Å². The molecule has 3 N–H and O–H groups in total. The minimum atomic E-state index is -3.52. The van der Waals surface area contributed by atoms with E-state index in [9.17, 15) is 13.2 Å². The van der Waals surface area contributed by atoms with E-state index in [0.29, 0.717) is 19.6 Å². The second-order valence-corrected chi connectivity index (χ2v) is 6.56. The molecule has 2 heterocycles. The van der Waals surface area contributed by atoms with Crippen molar-refractivity contribution in [3.63, 3.8) is 0 Å². The zero-order valence-corrected chi connectivity index (χ0v) is 11.8. The molecule has 1 amide bonds. The van der Waals surface area contributed by atoms with Crippen LogP contribution in [-0.2, 0) is 14.8 Å². The van der Waals surface area contributed by atoms with E-state index < -0.39 is 10.0 Å². The topological polar surface area (TPSA) is 105 Å². The Labute approximate surface area is 118 Å². The van der Waals surface area contributed by atoms with Crippen LogP contribution in [0.2, 0.25) is 0 Å². The smallest absolute Gasteiger partial charge is 0.223 e. The SMILES string of the molecule is NS(=O)(=O)CC1CC(=O)N(CCNc2ccncc2)C1. The Morgan fingerprint density at radius 3 is 2.75 bits per heavy atom. The standard InChI is InChI=1S/C12H18N4O3S/c13-20(18,19)9-10-7-12(17)16(8-10)6-5-15-11-1-3-14-4-2-11/h1-4,10H,5-9H2,(H,14,15)(H2,13,18,19). The molecule has 2 rings (SSSR count). The summed E-state index contributed by atoms with van der Waals surface area (Å²) in [6.07, 6.45) is 3.63. The maximum atomic E-state index is 11.8. The van der Waals surface area contributed by atoms with E-state index in [-0.39, 0.29) is 24.0 Å². The number of nitrogens with zero attached hydrogens (tertiary/aromatic N) is 2. The Hall–Kier alpha value is -1.67. The summed E-state index contributed by atoms with van der Waals surface area (Å²) in [6.45, 7) is 1.60. The number of aromatic nitrogens is 1. The lowest BCUT2D eigenvalue weighted by atomic mass is 10.1. The average molecular weight is 298 g/mol. The van der Waals surface area contributed by atoms with Crippen LogP contribution in [0.25, 0.3) is 0 Å². The van der Waals surface area contributed by atoms with E-state index in [0.717, 1.165) is 5.69 Å². The van der Waals surface area contributed by atoms with Gasteiger partial charge in [0, 0.05) is 50.1 Å². The van der Waals surface area contributed by atoms with Crippen LogP contribution in [0.1, 0.15) is 6.42 Å². The Bertz CT molecular complexity index is 561. The van der Waals surface area contributed by atoms with Crippen molar-refractivity contribution >= 4 is 21.6 Å². The molecule has 1 atom stereocenters. The molecule has 1 aliphatic rings. The van der Waals surface area contributed by atoms with Crippen molar-refractivity contribution in [2.24, 2.45) is 11.1 Å². The largest absolute Gasteiger partial charge is 0.383 e. The number of primary sulfonamides is 1. The van der Waals surface area contributed by atoms with E-state index >= 15 is 0 Å². The minimum Gasteiger partial charge on any atom is -0.383 e. The van der Waals surface area contributed by atoms with Gasteiger partial charge in [0.05, 0.1) is 5.75 Å². The fourth-order valence-electron chi connectivity index (χ4n) is 2.32. The number of hydrogen-bond donors (Lipinski definition) is 2. The third-order valence-corrected chi connectivity index (χ3v) is 4.09. The van der Waals surface area contributed by atoms with Gasteiger partial charge in [0.2, 0.25) is 15.9 Å². The summed E-state index contributed by atoms with van der Waals surface area (Å²) < 4.78 is 22.1. The predicted octanol–water partition coefficient (Wildman–Crippen LogP) is -0.369. The maximum Gasteiger partial charge on any atom is 0.223 e. The first-order valence-corrected chi connectivity index (χ1v) is 8.08. The fraction of sp³-hybridized carbons (Fsp3) is 0.500. The molecular formula is C12H18N4O3S. The summed E-state index contributed by atoms with van der Waals surface area (Å²) in [5, 5.41) is 8.18. The molecule has 0 aliphatic carbocycles. The lowest BCUT2D eigenvalue weighted by molar-refractivity contribution is -0.127. The van der Waals surface area contributed by atoms with Gasteiger partial charge in [-0.05, 0) is 12.1 Å². The van der Waals surface area contributed by atoms with E-state index in [4.69, 9.17) is 5.14 Å². The van der Waals surface area contributed by atoms with Gasteiger partial charge in [-0.2, -0.15) is 0 Å².